The number of ether oxygens (including phenoxy) is 1. The molecule has 0 radical (unpaired) electrons. The fourth-order valence-electron chi connectivity index (χ4n) is 4.78. The van der Waals surface area contributed by atoms with Gasteiger partial charge in [-0.25, -0.2) is 9.18 Å². The standard InChI is InChI=1S/C24H24F4N4O2S/c1-13-10-29-7-8-31(13)22-17-9-18(24(26,27)28)19(14-3-5-15(25)6-4-14)21-20(17)32(23(33)30-22)11-16(34-2)12-35-21/h3-6,9,13,16,29H,7-8,10-12H2,1-2H3/t13-,16?/m0/s1. The zero-order chi connectivity index (χ0) is 24.9. The van der Waals surface area contributed by atoms with E-state index in [-0.39, 0.29) is 34.9 Å². The smallest absolute Gasteiger partial charge is 0.379 e. The highest BCUT2D eigenvalue weighted by molar-refractivity contribution is 7.99. The molecule has 6 nitrogen and oxygen atoms in total. The van der Waals surface area contributed by atoms with Crippen molar-refractivity contribution in [2.75, 3.05) is 37.4 Å². The van der Waals surface area contributed by atoms with Gasteiger partial charge in [-0.1, -0.05) is 12.1 Å². The van der Waals surface area contributed by atoms with Crippen LogP contribution in [0.3, 0.4) is 0 Å². The van der Waals surface area contributed by atoms with Crippen LogP contribution in [-0.4, -0.2) is 54.2 Å². The lowest BCUT2D eigenvalue weighted by Crippen LogP contribution is -2.51. The van der Waals surface area contributed by atoms with E-state index in [1.54, 1.807) is 0 Å². The van der Waals surface area contributed by atoms with Crippen LogP contribution in [0.2, 0.25) is 0 Å². The number of rotatable bonds is 3. The molecule has 1 saturated heterocycles. The number of methoxy groups -OCH3 is 1. The number of halogens is 4. The molecule has 0 spiro atoms. The van der Waals surface area contributed by atoms with Crippen molar-refractivity contribution in [3.8, 4) is 11.1 Å². The van der Waals surface area contributed by atoms with Crippen molar-refractivity contribution in [2.45, 2.75) is 36.7 Å². The average molecular weight is 509 g/mol. The Balaban J connectivity index is 1.91. The van der Waals surface area contributed by atoms with Gasteiger partial charge >= 0.3 is 11.9 Å². The van der Waals surface area contributed by atoms with Crippen molar-refractivity contribution in [3.05, 3.63) is 52.2 Å². The Labute approximate surface area is 203 Å². The molecule has 2 aliphatic rings. The second kappa shape index (κ2) is 9.11. The predicted molar refractivity (Wildman–Crippen MR) is 128 cm³/mol. The molecule has 0 amide bonds. The summed E-state index contributed by atoms with van der Waals surface area (Å²) in [6.07, 6.45) is -5.08. The van der Waals surface area contributed by atoms with E-state index in [4.69, 9.17) is 4.74 Å². The number of nitrogens with zero attached hydrogens (tertiary/aromatic N) is 3. The van der Waals surface area contributed by atoms with Gasteiger partial charge in [-0.15, -0.1) is 11.8 Å². The molecule has 1 aromatic heterocycles. The van der Waals surface area contributed by atoms with E-state index in [0.717, 1.165) is 18.2 Å². The van der Waals surface area contributed by atoms with E-state index >= 15 is 0 Å². The van der Waals surface area contributed by atoms with E-state index in [2.05, 4.69) is 10.3 Å². The number of piperazine rings is 1. The van der Waals surface area contributed by atoms with Gasteiger partial charge in [0, 0.05) is 54.4 Å². The first-order valence-corrected chi connectivity index (χ1v) is 12.2. The number of anilines is 1. The Hall–Kier alpha value is -2.63. The highest BCUT2D eigenvalue weighted by Crippen LogP contribution is 2.48. The van der Waals surface area contributed by atoms with Gasteiger partial charge in [0.25, 0.3) is 0 Å². The summed E-state index contributed by atoms with van der Waals surface area (Å²) in [6.45, 7) is 3.88. The first-order valence-electron chi connectivity index (χ1n) is 11.3. The number of aromatic nitrogens is 2. The maximum Gasteiger partial charge on any atom is 0.417 e. The van der Waals surface area contributed by atoms with Gasteiger partial charge in [-0.3, -0.25) is 4.57 Å². The Morgan fingerprint density at radius 1 is 1.23 bits per heavy atom. The zero-order valence-electron chi connectivity index (χ0n) is 19.2. The number of thioether (sulfide) groups is 1. The molecule has 186 valence electrons. The molecule has 35 heavy (non-hydrogen) atoms. The van der Waals surface area contributed by atoms with Crippen LogP contribution in [0.4, 0.5) is 23.4 Å². The van der Waals surface area contributed by atoms with Gasteiger partial charge in [0.05, 0.1) is 23.7 Å². The second-order valence-corrected chi connectivity index (χ2v) is 9.80. The van der Waals surface area contributed by atoms with Crippen LogP contribution in [0.25, 0.3) is 22.0 Å². The maximum atomic E-state index is 14.5. The summed E-state index contributed by atoms with van der Waals surface area (Å²) < 4.78 is 64.2. The van der Waals surface area contributed by atoms with E-state index in [9.17, 15) is 22.4 Å². The predicted octanol–water partition coefficient (Wildman–Crippen LogP) is 4.14. The second-order valence-electron chi connectivity index (χ2n) is 8.77. The number of nitrogens with one attached hydrogen (secondary N) is 1. The molecule has 3 heterocycles. The van der Waals surface area contributed by atoms with Gasteiger partial charge in [0.15, 0.2) is 0 Å². The van der Waals surface area contributed by atoms with Crippen molar-refractivity contribution < 1.29 is 22.3 Å². The molecule has 0 aliphatic carbocycles. The minimum Gasteiger partial charge on any atom is -0.379 e. The topological polar surface area (TPSA) is 59.4 Å². The van der Waals surface area contributed by atoms with Gasteiger partial charge in [-0.2, -0.15) is 18.2 Å². The van der Waals surface area contributed by atoms with E-state index in [0.29, 0.717) is 35.8 Å². The largest absolute Gasteiger partial charge is 0.417 e. The maximum absolute atomic E-state index is 14.5. The highest BCUT2D eigenvalue weighted by atomic mass is 32.2. The van der Waals surface area contributed by atoms with E-state index in [1.165, 1.54) is 35.6 Å². The van der Waals surface area contributed by atoms with Crippen molar-refractivity contribution in [2.24, 2.45) is 0 Å². The molecular formula is C24H24F4N4O2S. The average Bonchev–Trinajstić information content (AvgIpc) is 3.02. The fraction of sp³-hybridized carbons (Fsp3) is 0.417. The molecule has 3 aromatic rings. The molecule has 1 N–H and O–H groups in total. The van der Waals surface area contributed by atoms with Crippen molar-refractivity contribution in [1.82, 2.24) is 14.9 Å². The fourth-order valence-corrected chi connectivity index (χ4v) is 6.10. The lowest BCUT2D eigenvalue weighted by Gasteiger charge is -2.36. The van der Waals surface area contributed by atoms with Gasteiger partial charge in [-0.05, 0) is 30.7 Å². The van der Waals surface area contributed by atoms with Crippen LogP contribution in [-0.2, 0) is 17.5 Å². The summed E-state index contributed by atoms with van der Waals surface area (Å²) in [6, 6.07) is 5.99. The third-order valence-electron chi connectivity index (χ3n) is 6.54. The number of alkyl halides is 3. The summed E-state index contributed by atoms with van der Waals surface area (Å²) in [5, 5.41) is 3.53. The van der Waals surface area contributed by atoms with Gasteiger partial charge < -0.3 is 15.0 Å². The summed E-state index contributed by atoms with van der Waals surface area (Å²) in [5.41, 5.74) is -0.806. The molecular weight excluding hydrogens is 484 g/mol. The lowest BCUT2D eigenvalue weighted by molar-refractivity contribution is -0.137. The van der Waals surface area contributed by atoms with Crippen molar-refractivity contribution in [3.63, 3.8) is 0 Å². The van der Waals surface area contributed by atoms with Gasteiger partial charge in [0.2, 0.25) is 0 Å². The highest BCUT2D eigenvalue weighted by Gasteiger charge is 2.38. The molecule has 2 atom stereocenters. The third kappa shape index (κ3) is 4.30. The Morgan fingerprint density at radius 3 is 2.63 bits per heavy atom. The van der Waals surface area contributed by atoms with Crippen LogP contribution in [0.5, 0.6) is 0 Å². The third-order valence-corrected chi connectivity index (χ3v) is 7.77. The van der Waals surface area contributed by atoms with Gasteiger partial charge in [0.1, 0.15) is 11.6 Å². The monoisotopic (exact) mass is 508 g/mol. The molecule has 1 fully saturated rings. The number of hydrogen-bond acceptors (Lipinski definition) is 6. The summed E-state index contributed by atoms with van der Waals surface area (Å²) in [4.78, 5) is 19.8. The normalized spacial score (nSPS) is 20.8. The van der Waals surface area contributed by atoms with Crippen LogP contribution >= 0.6 is 11.8 Å². The molecule has 0 bridgehead atoms. The number of hydrogen-bond donors (Lipinski definition) is 1. The molecule has 1 unspecified atom stereocenters. The summed E-state index contributed by atoms with van der Waals surface area (Å²) in [5.74, 6) is 0.0583. The molecule has 11 heteroatoms. The van der Waals surface area contributed by atoms with Crippen molar-refractivity contribution >= 4 is 28.5 Å². The SMILES string of the molecule is COC1CSc2c(-c3ccc(F)cc3)c(C(F)(F)F)cc3c(N4CCNC[C@@H]4C)nc(=O)n(c23)C1. The van der Waals surface area contributed by atoms with Crippen LogP contribution in [0.15, 0.2) is 40.0 Å². The van der Waals surface area contributed by atoms with Crippen molar-refractivity contribution in [1.29, 1.82) is 0 Å². The minimum atomic E-state index is -4.69. The Bertz CT molecular complexity index is 1330. The summed E-state index contributed by atoms with van der Waals surface area (Å²) in [7, 11) is 1.51. The quantitative estimate of drug-likeness (QED) is 0.537. The molecule has 0 saturated carbocycles. The number of benzene rings is 2. The van der Waals surface area contributed by atoms with Crippen LogP contribution in [0, 0.1) is 5.82 Å². The lowest BCUT2D eigenvalue weighted by atomic mass is 9.96. The minimum absolute atomic E-state index is 0.0613. The zero-order valence-corrected chi connectivity index (χ0v) is 20.0. The summed E-state index contributed by atoms with van der Waals surface area (Å²) >= 11 is 1.22. The van der Waals surface area contributed by atoms with Crippen LogP contribution < -0.4 is 15.9 Å². The molecule has 5 rings (SSSR count). The Kier molecular flexibility index (Phi) is 6.27. The van der Waals surface area contributed by atoms with Crippen LogP contribution in [0.1, 0.15) is 12.5 Å². The Morgan fingerprint density at radius 2 is 1.97 bits per heavy atom. The first kappa shape index (κ1) is 24.1. The molecule has 2 aromatic carbocycles. The van der Waals surface area contributed by atoms with E-state index in [1.807, 2.05) is 11.8 Å². The first-order chi connectivity index (χ1) is 16.7. The molecule has 2 aliphatic heterocycles. The van der Waals surface area contributed by atoms with E-state index < -0.39 is 29.4 Å².